The van der Waals surface area contributed by atoms with Crippen molar-refractivity contribution < 1.29 is 9.84 Å². The zero-order valence-electron chi connectivity index (χ0n) is 13.3. The highest BCUT2D eigenvalue weighted by Crippen LogP contribution is 2.42. The maximum Gasteiger partial charge on any atom is 0.135 e. The maximum absolute atomic E-state index is 9.37. The van der Waals surface area contributed by atoms with Gasteiger partial charge in [-0.25, -0.2) is 0 Å². The maximum atomic E-state index is 9.37. The van der Waals surface area contributed by atoms with Crippen molar-refractivity contribution in [3.63, 3.8) is 0 Å². The third kappa shape index (κ3) is 2.73. The van der Waals surface area contributed by atoms with E-state index in [2.05, 4.69) is 41.9 Å². The molecule has 4 nitrogen and oxygen atoms in total. The number of ether oxygens (including phenoxy) is 1. The monoisotopic (exact) mass is 302 g/mol. The summed E-state index contributed by atoms with van der Waals surface area (Å²) in [5, 5.41) is 13.0. The van der Waals surface area contributed by atoms with E-state index >= 15 is 0 Å². The molecule has 0 aromatic heterocycles. The van der Waals surface area contributed by atoms with E-state index < -0.39 is 0 Å². The van der Waals surface area contributed by atoms with Crippen molar-refractivity contribution in [3.05, 3.63) is 42.6 Å². The van der Waals surface area contributed by atoms with Crippen LogP contribution in [0.1, 0.15) is 25.3 Å². The summed E-state index contributed by atoms with van der Waals surface area (Å²) in [5.41, 5.74) is 1.06. The molecule has 0 unspecified atom stereocenters. The Balaban J connectivity index is 1.92. The summed E-state index contributed by atoms with van der Waals surface area (Å²) in [6, 6.07) is 8.99. The van der Waals surface area contributed by atoms with Gasteiger partial charge in [0.2, 0.25) is 0 Å². The Labute approximate surface area is 132 Å². The molecule has 22 heavy (non-hydrogen) atoms. The molecule has 0 saturated carbocycles. The van der Waals surface area contributed by atoms with Gasteiger partial charge >= 0.3 is 0 Å². The van der Waals surface area contributed by atoms with Gasteiger partial charge in [-0.05, 0) is 37.6 Å². The highest BCUT2D eigenvalue weighted by atomic mass is 16.5. The largest absolute Gasteiger partial charge is 0.484 e. The number of nitrogens with one attached hydrogen (secondary N) is 1. The molecular formula is C18H26N2O2. The van der Waals surface area contributed by atoms with Gasteiger partial charge in [0.15, 0.2) is 0 Å². The molecule has 2 heterocycles. The van der Waals surface area contributed by atoms with Crippen LogP contribution in [0.2, 0.25) is 0 Å². The molecule has 2 N–H and O–H groups in total. The second-order valence-corrected chi connectivity index (χ2v) is 6.46. The summed E-state index contributed by atoms with van der Waals surface area (Å²) < 4.78 is 6.49. The van der Waals surface area contributed by atoms with Gasteiger partial charge in [0.25, 0.3) is 0 Å². The number of aliphatic hydroxyl groups excluding tert-OH is 1. The van der Waals surface area contributed by atoms with Crippen LogP contribution >= 0.6 is 0 Å². The van der Waals surface area contributed by atoms with Crippen molar-refractivity contribution in [1.29, 1.82) is 0 Å². The first-order chi connectivity index (χ1) is 10.7. The third-order valence-electron chi connectivity index (χ3n) is 5.04. The number of hydrogen-bond acceptors (Lipinski definition) is 4. The lowest BCUT2D eigenvalue weighted by Gasteiger charge is -2.41. The van der Waals surface area contributed by atoms with E-state index in [0.29, 0.717) is 12.6 Å². The summed E-state index contributed by atoms with van der Waals surface area (Å²) >= 11 is 0. The molecule has 1 spiro atoms. The predicted octanol–water partition coefficient (Wildman–Crippen LogP) is 1.94. The Hall–Kier alpha value is -1.52. The molecule has 0 radical (unpaired) electrons. The minimum Gasteiger partial charge on any atom is -0.484 e. The topological polar surface area (TPSA) is 44.7 Å². The molecule has 1 aromatic rings. The van der Waals surface area contributed by atoms with Gasteiger partial charge < -0.3 is 20.1 Å². The van der Waals surface area contributed by atoms with Crippen LogP contribution in [0.4, 0.5) is 0 Å². The number of rotatable bonds is 4. The quantitative estimate of drug-likeness (QED) is 0.892. The lowest BCUT2D eigenvalue weighted by Crippen LogP contribution is -2.57. The van der Waals surface area contributed by atoms with E-state index in [1.807, 2.05) is 12.3 Å². The fourth-order valence-electron chi connectivity index (χ4n) is 3.79. The Morgan fingerprint density at radius 1 is 1.50 bits per heavy atom. The van der Waals surface area contributed by atoms with Gasteiger partial charge in [0, 0.05) is 25.6 Å². The molecule has 0 bridgehead atoms. The van der Waals surface area contributed by atoms with Gasteiger partial charge in [0.05, 0.1) is 12.6 Å². The fourth-order valence-corrected chi connectivity index (χ4v) is 3.79. The molecule has 2 aliphatic heterocycles. The molecule has 3 atom stereocenters. The van der Waals surface area contributed by atoms with E-state index in [1.54, 1.807) is 0 Å². The van der Waals surface area contributed by atoms with Crippen LogP contribution in [0.25, 0.3) is 0 Å². The number of fused-ring (bicyclic) bond motifs is 1. The van der Waals surface area contributed by atoms with E-state index in [9.17, 15) is 5.11 Å². The molecule has 120 valence electrons. The van der Waals surface area contributed by atoms with Gasteiger partial charge in [-0.15, -0.1) is 0 Å². The highest BCUT2D eigenvalue weighted by molar-refractivity contribution is 5.40. The molecular weight excluding hydrogens is 276 g/mol. The van der Waals surface area contributed by atoms with Crippen molar-refractivity contribution in [2.45, 2.75) is 43.9 Å². The summed E-state index contributed by atoms with van der Waals surface area (Å²) in [6.45, 7) is 7.73. The summed E-state index contributed by atoms with van der Waals surface area (Å²) in [4.78, 5) is 2.14. The second-order valence-electron chi connectivity index (χ2n) is 6.46. The summed E-state index contributed by atoms with van der Waals surface area (Å²) in [5.74, 6) is 1.01. The fraction of sp³-hybridized carbons (Fsp3) is 0.556. The van der Waals surface area contributed by atoms with Crippen molar-refractivity contribution in [2.24, 2.45) is 0 Å². The molecule has 2 aliphatic rings. The number of hydrogen-bond donors (Lipinski definition) is 2. The van der Waals surface area contributed by atoms with Crippen LogP contribution in [0.3, 0.4) is 0 Å². The first-order valence-electron chi connectivity index (χ1n) is 8.18. The Morgan fingerprint density at radius 2 is 2.32 bits per heavy atom. The molecule has 0 amide bonds. The first kappa shape index (κ1) is 15.4. The van der Waals surface area contributed by atoms with Crippen molar-refractivity contribution >= 4 is 0 Å². The average Bonchev–Trinajstić information content (AvgIpc) is 2.83. The Kier molecular flexibility index (Phi) is 4.41. The van der Waals surface area contributed by atoms with Crippen LogP contribution in [-0.4, -0.2) is 47.4 Å². The van der Waals surface area contributed by atoms with Crippen LogP contribution in [0, 0.1) is 0 Å². The number of aliphatic hydroxyl groups is 1. The van der Waals surface area contributed by atoms with Gasteiger partial charge in [-0.3, -0.25) is 0 Å². The van der Waals surface area contributed by atoms with Crippen LogP contribution in [0.15, 0.2) is 37.0 Å². The number of para-hydroxylation sites is 1. The second kappa shape index (κ2) is 6.31. The normalized spacial score (nSPS) is 30.5. The first-order valence-corrected chi connectivity index (χ1v) is 8.18. The lowest BCUT2D eigenvalue weighted by atomic mass is 9.84. The van der Waals surface area contributed by atoms with Crippen molar-refractivity contribution in [2.75, 3.05) is 19.7 Å². The molecule has 3 rings (SSSR count). The lowest BCUT2D eigenvalue weighted by molar-refractivity contribution is 0.00248. The Bertz CT molecular complexity index is 507. The van der Waals surface area contributed by atoms with Gasteiger partial charge in [-0.1, -0.05) is 24.8 Å². The molecule has 1 fully saturated rings. The number of benzene rings is 1. The van der Waals surface area contributed by atoms with Crippen molar-refractivity contribution in [1.82, 2.24) is 10.2 Å². The van der Waals surface area contributed by atoms with Gasteiger partial charge in [-0.2, -0.15) is 0 Å². The minimum absolute atomic E-state index is 0.126. The summed E-state index contributed by atoms with van der Waals surface area (Å²) in [6.07, 6.45) is 4.87. The standard InChI is InChI=1S/C18H26N2O2/c1-3-20(10-11-21)17-13-19-14(2)8-9-18(17)12-15-6-4-5-7-16(15)22-18/h3-7,14,17,19,21H,1,8-13H2,2H3/t14-,17+,18+/m0/s1. The van der Waals surface area contributed by atoms with Crippen LogP contribution in [-0.2, 0) is 6.42 Å². The van der Waals surface area contributed by atoms with E-state index in [-0.39, 0.29) is 18.2 Å². The smallest absolute Gasteiger partial charge is 0.135 e. The van der Waals surface area contributed by atoms with Gasteiger partial charge in [0.1, 0.15) is 11.4 Å². The zero-order chi connectivity index (χ0) is 15.6. The SMILES string of the molecule is C=CN(CCO)[C@@H]1CN[C@@H](C)CC[C@@]12Cc1ccccc1O2. The summed E-state index contributed by atoms with van der Waals surface area (Å²) in [7, 11) is 0. The molecule has 4 heteroatoms. The van der Waals surface area contributed by atoms with E-state index in [4.69, 9.17) is 4.74 Å². The molecule has 1 aromatic carbocycles. The third-order valence-corrected chi connectivity index (χ3v) is 5.04. The van der Waals surface area contributed by atoms with Crippen molar-refractivity contribution in [3.8, 4) is 5.75 Å². The molecule has 0 aliphatic carbocycles. The highest BCUT2D eigenvalue weighted by Gasteiger charge is 2.48. The molecule has 1 saturated heterocycles. The number of nitrogens with zero attached hydrogens (tertiary/aromatic N) is 1. The van der Waals surface area contributed by atoms with E-state index in [1.165, 1.54) is 5.56 Å². The van der Waals surface area contributed by atoms with Crippen LogP contribution in [0.5, 0.6) is 5.75 Å². The Morgan fingerprint density at radius 3 is 3.05 bits per heavy atom. The van der Waals surface area contributed by atoms with E-state index in [0.717, 1.165) is 31.6 Å². The zero-order valence-corrected chi connectivity index (χ0v) is 13.3. The minimum atomic E-state index is -0.231. The predicted molar refractivity (Wildman–Crippen MR) is 88.0 cm³/mol. The van der Waals surface area contributed by atoms with Crippen LogP contribution < -0.4 is 10.1 Å². The average molecular weight is 302 g/mol.